The first-order chi connectivity index (χ1) is 16.4. The number of pyridine rings is 1. The van der Waals surface area contributed by atoms with Crippen LogP contribution in [-0.2, 0) is 0 Å². The molecule has 5 rings (SSSR count). The molecule has 4 aromatic rings. The van der Waals surface area contributed by atoms with Crippen molar-refractivity contribution in [3.05, 3.63) is 99.2 Å². The molecule has 1 aliphatic heterocycles. The number of nitrogens with zero attached hydrogens (tertiary/aromatic N) is 2. The number of fused-ring (bicyclic) bond motifs is 3. The van der Waals surface area contributed by atoms with Gasteiger partial charge in [-0.15, -0.1) is 0 Å². The minimum atomic E-state index is -0.791. The van der Waals surface area contributed by atoms with Crippen molar-refractivity contribution in [2.75, 3.05) is 7.11 Å². The Morgan fingerprint density at radius 1 is 1.18 bits per heavy atom. The van der Waals surface area contributed by atoms with Crippen molar-refractivity contribution in [3.8, 4) is 28.7 Å². The van der Waals surface area contributed by atoms with Crippen LogP contribution in [0.4, 0.5) is 4.39 Å². The third kappa shape index (κ3) is 3.26. The first-order valence-electron chi connectivity index (χ1n) is 10.4. The van der Waals surface area contributed by atoms with Crippen LogP contribution in [-0.4, -0.2) is 12.1 Å². The van der Waals surface area contributed by atoms with Crippen LogP contribution >= 0.6 is 0 Å². The van der Waals surface area contributed by atoms with Crippen molar-refractivity contribution in [3.63, 3.8) is 0 Å². The Kier molecular flexibility index (Phi) is 5.02. The molecular weight excluding hydrogens is 437 g/mol. The third-order valence-electron chi connectivity index (χ3n) is 5.97. The second-order valence-electron chi connectivity index (χ2n) is 7.82. The van der Waals surface area contributed by atoms with Crippen LogP contribution in [0.5, 0.6) is 11.5 Å². The van der Waals surface area contributed by atoms with Gasteiger partial charge < -0.3 is 19.6 Å². The lowest BCUT2D eigenvalue weighted by Gasteiger charge is -2.26. The van der Waals surface area contributed by atoms with E-state index in [4.69, 9.17) is 19.6 Å². The molecule has 1 atom stereocenters. The van der Waals surface area contributed by atoms with E-state index in [1.54, 1.807) is 55.5 Å². The highest BCUT2D eigenvalue weighted by atomic mass is 19.1. The molecule has 7 nitrogen and oxygen atoms in total. The summed E-state index contributed by atoms with van der Waals surface area (Å²) in [6.45, 7) is 1.66. The SMILES string of the molecule is COc1ccc2c3c(c(=O)oc2c1)C(c1ccc(-c2ccnc(F)c2C)cc1)C(C#N)=C(N)O3. The number of benzene rings is 2. The number of hydrogen-bond donors (Lipinski definition) is 1. The fraction of sp³-hybridized carbons (Fsp3) is 0.115. The van der Waals surface area contributed by atoms with Gasteiger partial charge in [0.25, 0.3) is 0 Å². The van der Waals surface area contributed by atoms with E-state index in [-0.39, 0.29) is 28.4 Å². The predicted octanol–water partition coefficient (Wildman–Crippen LogP) is 4.53. The molecule has 0 aliphatic carbocycles. The average molecular weight is 455 g/mol. The molecule has 2 aromatic carbocycles. The fourth-order valence-corrected chi connectivity index (χ4v) is 4.24. The van der Waals surface area contributed by atoms with E-state index >= 15 is 0 Å². The monoisotopic (exact) mass is 455 g/mol. The Morgan fingerprint density at radius 2 is 1.94 bits per heavy atom. The van der Waals surface area contributed by atoms with E-state index in [0.717, 1.165) is 5.56 Å². The highest BCUT2D eigenvalue weighted by Gasteiger charge is 2.35. The normalized spacial score (nSPS) is 14.9. The van der Waals surface area contributed by atoms with Crippen molar-refractivity contribution in [2.24, 2.45) is 5.73 Å². The van der Waals surface area contributed by atoms with Gasteiger partial charge in [0.2, 0.25) is 11.8 Å². The van der Waals surface area contributed by atoms with Crippen LogP contribution in [0.1, 0.15) is 22.6 Å². The van der Waals surface area contributed by atoms with Gasteiger partial charge in [0.15, 0.2) is 5.75 Å². The van der Waals surface area contributed by atoms with E-state index < -0.39 is 17.5 Å². The Balaban J connectivity index is 1.69. The zero-order chi connectivity index (χ0) is 24.0. The molecular formula is C26H18FN3O4. The summed E-state index contributed by atoms with van der Waals surface area (Å²) >= 11 is 0. The Morgan fingerprint density at radius 3 is 2.65 bits per heavy atom. The molecule has 0 spiro atoms. The van der Waals surface area contributed by atoms with Gasteiger partial charge in [0.1, 0.15) is 23.0 Å². The van der Waals surface area contributed by atoms with Crippen LogP contribution in [0.25, 0.3) is 22.1 Å². The molecule has 1 aliphatic rings. The van der Waals surface area contributed by atoms with E-state index in [1.165, 1.54) is 13.3 Å². The van der Waals surface area contributed by atoms with Gasteiger partial charge in [0, 0.05) is 17.8 Å². The standard InChI is InChI=1S/C26H18FN3O4/c1-13-17(9-10-30-24(13)27)14-3-5-15(6-4-14)21-19(12-28)25(29)34-23-18-8-7-16(32-2)11-20(18)33-26(31)22(21)23/h3-11,21H,29H2,1-2H3. The first-order valence-corrected chi connectivity index (χ1v) is 10.4. The molecule has 1 unspecified atom stereocenters. The molecule has 0 amide bonds. The third-order valence-corrected chi connectivity index (χ3v) is 5.97. The minimum Gasteiger partial charge on any atom is -0.497 e. The molecule has 0 fully saturated rings. The summed E-state index contributed by atoms with van der Waals surface area (Å²) < 4.78 is 30.5. The van der Waals surface area contributed by atoms with Gasteiger partial charge in [-0.25, -0.2) is 9.78 Å². The zero-order valence-corrected chi connectivity index (χ0v) is 18.3. The lowest BCUT2D eigenvalue weighted by atomic mass is 9.83. The zero-order valence-electron chi connectivity index (χ0n) is 18.3. The Bertz CT molecular complexity index is 1580. The van der Waals surface area contributed by atoms with E-state index in [1.807, 2.05) is 0 Å². The smallest absolute Gasteiger partial charge is 0.344 e. The molecule has 168 valence electrons. The van der Waals surface area contributed by atoms with Gasteiger partial charge in [-0.05, 0) is 41.8 Å². The number of ether oxygens (including phenoxy) is 2. The lowest BCUT2D eigenvalue weighted by molar-refractivity contribution is 0.387. The number of nitrogens with two attached hydrogens (primary N) is 1. The van der Waals surface area contributed by atoms with E-state index in [2.05, 4.69) is 11.1 Å². The largest absolute Gasteiger partial charge is 0.497 e. The number of hydrogen-bond acceptors (Lipinski definition) is 7. The van der Waals surface area contributed by atoms with Crippen LogP contribution in [0.3, 0.4) is 0 Å². The molecule has 0 bridgehead atoms. The second-order valence-corrected chi connectivity index (χ2v) is 7.82. The van der Waals surface area contributed by atoms with E-state index in [0.29, 0.717) is 27.8 Å². The van der Waals surface area contributed by atoms with Gasteiger partial charge in [-0.3, -0.25) is 0 Å². The average Bonchev–Trinajstić information content (AvgIpc) is 2.84. The molecule has 2 N–H and O–H groups in total. The minimum absolute atomic E-state index is 0.0844. The Hall–Kier alpha value is -4.64. The van der Waals surface area contributed by atoms with Crippen molar-refractivity contribution in [2.45, 2.75) is 12.8 Å². The maximum absolute atomic E-state index is 13.9. The van der Waals surface area contributed by atoms with Crippen molar-refractivity contribution in [1.82, 2.24) is 4.98 Å². The number of allylic oxidation sites excluding steroid dienone is 1. The van der Waals surface area contributed by atoms with Crippen LogP contribution in [0.2, 0.25) is 0 Å². The number of aromatic nitrogens is 1. The van der Waals surface area contributed by atoms with Gasteiger partial charge in [0.05, 0.1) is 24.0 Å². The number of methoxy groups -OCH3 is 1. The van der Waals surface area contributed by atoms with Gasteiger partial charge in [-0.1, -0.05) is 24.3 Å². The summed E-state index contributed by atoms with van der Waals surface area (Å²) in [7, 11) is 1.51. The summed E-state index contributed by atoms with van der Waals surface area (Å²) in [4.78, 5) is 16.8. The van der Waals surface area contributed by atoms with Crippen molar-refractivity contribution in [1.29, 1.82) is 5.26 Å². The highest BCUT2D eigenvalue weighted by Crippen LogP contribution is 2.44. The molecule has 8 heteroatoms. The Labute approximate surface area is 193 Å². The highest BCUT2D eigenvalue weighted by molar-refractivity contribution is 5.87. The lowest BCUT2D eigenvalue weighted by Crippen LogP contribution is -2.26. The maximum atomic E-state index is 13.9. The summed E-state index contributed by atoms with van der Waals surface area (Å²) in [5.74, 6) is -0.655. The van der Waals surface area contributed by atoms with Crippen LogP contribution < -0.4 is 20.8 Å². The molecule has 3 heterocycles. The maximum Gasteiger partial charge on any atom is 0.344 e. The van der Waals surface area contributed by atoms with Gasteiger partial charge >= 0.3 is 5.63 Å². The van der Waals surface area contributed by atoms with Crippen LogP contribution in [0, 0.1) is 24.2 Å². The van der Waals surface area contributed by atoms with Gasteiger partial charge in [-0.2, -0.15) is 9.65 Å². The van der Waals surface area contributed by atoms with E-state index in [9.17, 15) is 14.4 Å². The van der Waals surface area contributed by atoms with Crippen molar-refractivity contribution >= 4 is 11.0 Å². The molecule has 2 aromatic heterocycles. The summed E-state index contributed by atoms with van der Waals surface area (Å²) in [6, 6.07) is 15.9. The fourth-order valence-electron chi connectivity index (χ4n) is 4.24. The molecule has 0 saturated heterocycles. The summed E-state index contributed by atoms with van der Waals surface area (Å²) in [6.07, 6.45) is 1.41. The predicted molar refractivity (Wildman–Crippen MR) is 123 cm³/mol. The number of rotatable bonds is 3. The molecule has 0 saturated carbocycles. The molecule has 0 radical (unpaired) electrons. The summed E-state index contributed by atoms with van der Waals surface area (Å²) in [5.41, 5.74) is 8.57. The summed E-state index contributed by atoms with van der Waals surface area (Å²) in [5, 5.41) is 10.4. The first kappa shape index (κ1) is 21.2. The topological polar surface area (TPSA) is 111 Å². The quantitative estimate of drug-likeness (QED) is 0.357. The second kappa shape index (κ2) is 8.05. The number of nitriles is 1. The number of halogens is 1. The van der Waals surface area contributed by atoms with Crippen molar-refractivity contribution < 1.29 is 18.3 Å². The van der Waals surface area contributed by atoms with Crippen LogP contribution in [0.15, 0.2) is 75.4 Å². The molecule has 34 heavy (non-hydrogen) atoms.